The van der Waals surface area contributed by atoms with Crippen molar-refractivity contribution in [1.29, 1.82) is 0 Å². The Morgan fingerprint density at radius 1 is 1.00 bits per heavy atom. The molecule has 4 rings (SSSR count). The monoisotopic (exact) mass is 359 g/mol. The van der Waals surface area contributed by atoms with Gasteiger partial charge < -0.3 is 19.6 Å². The van der Waals surface area contributed by atoms with Gasteiger partial charge in [-0.2, -0.15) is 0 Å². The number of carbonyl (C=O) groups excluding carboxylic acids is 1. The summed E-state index contributed by atoms with van der Waals surface area (Å²) in [4.78, 5) is 28.9. The zero-order chi connectivity index (χ0) is 18.1. The average molecular weight is 359 g/mol. The quantitative estimate of drug-likeness (QED) is 0.887. The maximum atomic E-state index is 12.2. The van der Waals surface area contributed by atoms with Gasteiger partial charge in [-0.25, -0.2) is 9.59 Å². The van der Waals surface area contributed by atoms with Gasteiger partial charge in [0.2, 0.25) is 0 Å². The minimum atomic E-state index is -0.793. The Hall–Kier alpha value is -2.28. The standard InChI is InChI=1S/C19H25N3O4/c23-18(24)22-11-16-15(17(16)12-22)10-20-6-8-21(9-7-20)19(25)26-13-14-4-2-1-3-5-14/h1-5,15-17H,6-13H2,(H,23,24)/t15?,16-,17+. The summed E-state index contributed by atoms with van der Waals surface area (Å²) in [5, 5.41) is 9.02. The van der Waals surface area contributed by atoms with Crippen LogP contribution in [0, 0.1) is 17.8 Å². The Morgan fingerprint density at radius 2 is 1.65 bits per heavy atom. The molecule has 2 saturated heterocycles. The first kappa shape index (κ1) is 17.1. The van der Waals surface area contributed by atoms with Gasteiger partial charge in [-0.05, 0) is 23.3 Å². The maximum Gasteiger partial charge on any atom is 0.410 e. The van der Waals surface area contributed by atoms with Crippen LogP contribution in [0.1, 0.15) is 5.56 Å². The highest BCUT2D eigenvalue weighted by atomic mass is 16.6. The van der Waals surface area contributed by atoms with E-state index in [0.29, 0.717) is 50.5 Å². The van der Waals surface area contributed by atoms with Gasteiger partial charge in [0, 0.05) is 45.8 Å². The van der Waals surface area contributed by atoms with Crippen LogP contribution >= 0.6 is 0 Å². The van der Waals surface area contributed by atoms with Gasteiger partial charge in [-0.15, -0.1) is 0 Å². The van der Waals surface area contributed by atoms with Crippen molar-refractivity contribution < 1.29 is 19.4 Å². The van der Waals surface area contributed by atoms with Crippen LogP contribution in [0.2, 0.25) is 0 Å². The number of hydrogen-bond donors (Lipinski definition) is 1. The highest BCUT2D eigenvalue weighted by molar-refractivity contribution is 5.67. The highest BCUT2D eigenvalue weighted by Crippen LogP contribution is 2.51. The number of piperidine rings is 1. The summed E-state index contributed by atoms with van der Waals surface area (Å²) < 4.78 is 5.40. The van der Waals surface area contributed by atoms with Gasteiger partial charge in [-0.1, -0.05) is 30.3 Å². The zero-order valence-corrected chi connectivity index (χ0v) is 14.8. The predicted octanol–water partition coefficient (Wildman–Crippen LogP) is 1.80. The first-order valence-corrected chi connectivity index (χ1v) is 9.27. The minimum absolute atomic E-state index is 0.242. The summed E-state index contributed by atoms with van der Waals surface area (Å²) in [5.74, 6) is 1.71. The van der Waals surface area contributed by atoms with Gasteiger partial charge >= 0.3 is 12.2 Å². The van der Waals surface area contributed by atoms with Gasteiger partial charge in [0.1, 0.15) is 6.61 Å². The number of carboxylic acid groups (broad SMARTS) is 1. The molecular weight excluding hydrogens is 334 g/mol. The molecule has 2 heterocycles. The van der Waals surface area contributed by atoms with E-state index in [1.807, 2.05) is 30.3 Å². The Bertz CT molecular complexity index is 648. The summed E-state index contributed by atoms with van der Waals surface area (Å²) in [7, 11) is 0. The molecule has 0 radical (unpaired) electrons. The van der Waals surface area contributed by atoms with Crippen LogP contribution in [0.5, 0.6) is 0 Å². The van der Waals surface area contributed by atoms with Crippen molar-refractivity contribution in [3.63, 3.8) is 0 Å². The van der Waals surface area contributed by atoms with Crippen LogP contribution in [-0.2, 0) is 11.3 Å². The largest absolute Gasteiger partial charge is 0.465 e. The Balaban J connectivity index is 1.16. The fourth-order valence-corrected chi connectivity index (χ4v) is 4.30. The molecule has 0 spiro atoms. The van der Waals surface area contributed by atoms with Crippen molar-refractivity contribution in [3.05, 3.63) is 35.9 Å². The lowest BCUT2D eigenvalue weighted by atomic mass is 10.2. The molecule has 7 heteroatoms. The topological polar surface area (TPSA) is 73.3 Å². The Morgan fingerprint density at radius 3 is 2.27 bits per heavy atom. The predicted molar refractivity (Wildman–Crippen MR) is 94.7 cm³/mol. The molecule has 0 aromatic heterocycles. The lowest BCUT2D eigenvalue weighted by Crippen LogP contribution is -2.49. The molecule has 1 aliphatic carbocycles. The average Bonchev–Trinajstić information content (AvgIpc) is 3.09. The van der Waals surface area contributed by atoms with E-state index < -0.39 is 6.09 Å². The molecule has 140 valence electrons. The van der Waals surface area contributed by atoms with Crippen LogP contribution < -0.4 is 0 Å². The molecule has 1 saturated carbocycles. The normalized spacial score (nSPS) is 27.9. The van der Waals surface area contributed by atoms with Crippen molar-refractivity contribution in [3.8, 4) is 0 Å². The van der Waals surface area contributed by atoms with E-state index >= 15 is 0 Å². The lowest BCUT2D eigenvalue weighted by molar-refractivity contribution is 0.0693. The van der Waals surface area contributed by atoms with Crippen LogP contribution in [0.25, 0.3) is 0 Å². The zero-order valence-electron chi connectivity index (χ0n) is 14.8. The molecule has 2 aliphatic heterocycles. The minimum Gasteiger partial charge on any atom is -0.465 e. The fourth-order valence-electron chi connectivity index (χ4n) is 4.30. The molecule has 1 aromatic rings. The van der Waals surface area contributed by atoms with E-state index in [1.165, 1.54) is 4.90 Å². The molecule has 1 unspecified atom stereocenters. The number of benzene rings is 1. The number of fused-ring (bicyclic) bond motifs is 1. The Labute approximate surface area is 153 Å². The Kier molecular flexibility index (Phi) is 4.72. The van der Waals surface area contributed by atoms with Crippen LogP contribution in [0.15, 0.2) is 30.3 Å². The molecule has 3 aliphatic rings. The second-order valence-corrected chi connectivity index (χ2v) is 7.51. The molecule has 26 heavy (non-hydrogen) atoms. The maximum absolute atomic E-state index is 12.2. The number of amides is 2. The molecule has 3 fully saturated rings. The number of piperazine rings is 1. The number of carbonyl (C=O) groups is 2. The third-order valence-corrected chi connectivity index (χ3v) is 5.95. The molecular formula is C19H25N3O4. The van der Waals surface area contributed by atoms with E-state index in [0.717, 1.165) is 25.2 Å². The van der Waals surface area contributed by atoms with Crippen LogP contribution in [0.4, 0.5) is 9.59 Å². The number of nitrogens with zero attached hydrogens (tertiary/aromatic N) is 3. The smallest absolute Gasteiger partial charge is 0.410 e. The summed E-state index contributed by atoms with van der Waals surface area (Å²) in [5.41, 5.74) is 0.996. The summed E-state index contributed by atoms with van der Waals surface area (Å²) in [6, 6.07) is 9.71. The van der Waals surface area contributed by atoms with Crippen molar-refractivity contribution in [1.82, 2.24) is 14.7 Å². The highest BCUT2D eigenvalue weighted by Gasteiger charge is 2.56. The number of likely N-dealkylation sites (tertiary alicyclic amines) is 1. The van der Waals surface area contributed by atoms with Gasteiger partial charge in [0.05, 0.1) is 0 Å². The molecule has 1 aromatic carbocycles. The molecule has 1 N–H and O–H groups in total. The van der Waals surface area contributed by atoms with E-state index in [2.05, 4.69) is 4.90 Å². The van der Waals surface area contributed by atoms with Gasteiger partial charge in [0.15, 0.2) is 0 Å². The van der Waals surface area contributed by atoms with E-state index in [-0.39, 0.29) is 6.09 Å². The van der Waals surface area contributed by atoms with E-state index in [4.69, 9.17) is 9.84 Å². The SMILES string of the molecule is O=C(O)N1C[C@@H]2C(CN3CCN(C(=O)OCc4ccccc4)CC3)[C@@H]2C1. The third kappa shape index (κ3) is 3.62. The van der Waals surface area contributed by atoms with Crippen LogP contribution in [0.3, 0.4) is 0 Å². The van der Waals surface area contributed by atoms with Gasteiger partial charge in [0.25, 0.3) is 0 Å². The molecule has 2 amide bonds. The van der Waals surface area contributed by atoms with Crippen LogP contribution in [-0.4, -0.2) is 77.8 Å². The second-order valence-electron chi connectivity index (χ2n) is 7.51. The second kappa shape index (κ2) is 7.15. The lowest BCUT2D eigenvalue weighted by Gasteiger charge is -2.34. The number of hydrogen-bond acceptors (Lipinski definition) is 4. The number of ether oxygens (including phenoxy) is 1. The molecule has 3 atom stereocenters. The van der Waals surface area contributed by atoms with Crippen molar-refractivity contribution in [2.75, 3.05) is 45.8 Å². The van der Waals surface area contributed by atoms with Crippen molar-refractivity contribution >= 4 is 12.2 Å². The molecule has 7 nitrogen and oxygen atoms in total. The third-order valence-electron chi connectivity index (χ3n) is 5.95. The first-order chi connectivity index (χ1) is 12.6. The summed E-state index contributed by atoms with van der Waals surface area (Å²) >= 11 is 0. The van der Waals surface area contributed by atoms with Gasteiger partial charge in [-0.3, -0.25) is 4.90 Å². The van der Waals surface area contributed by atoms with E-state index in [9.17, 15) is 9.59 Å². The fraction of sp³-hybridized carbons (Fsp3) is 0.579. The van der Waals surface area contributed by atoms with E-state index in [1.54, 1.807) is 4.90 Å². The first-order valence-electron chi connectivity index (χ1n) is 9.27. The molecule has 0 bridgehead atoms. The summed E-state index contributed by atoms with van der Waals surface area (Å²) in [6.45, 7) is 5.82. The van der Waals surface area contributed by atoms with Crippen molar-refractivity contribution in [2.45, 2.75) is 6.61 Å². The summed E-state index contributed by atoms with van der Waals surface area (Å²) in [6.07, 6.45) is -1.03. The number of rotatable bonds is 4. The van der Waals surface area contributed by atoms with Crippen molar-refractivity contribution in [2.24, 2.45) is 17.8 Å².